The summed E-state index contributed by atoms with van der Waals surface area (Å²) < 4.78 is 0. The molecule has 3 heteroatoms. The molecule has 0 heterocycles. The monoisotopic (exact) mass is 164 g/mol. The van der Waals surface area contributed by atoms with Crippen molar-refractivity contribution >= 4 is 28.5 Å². The summed E-state index contributed by atoms with van der Waals surface area (Å²) in [5.74, 6) is 0.707. The second-order valence-electron chi connectivity index (χ2n) is 1.74. The highest BCUT2D eigenvalue weighted by atomic mass is 35.5. The van der Waals surface area contributed by atoms with Crippen LogP contribution in [0.1, 0.15) is 13.8 Å². The summed E-state index contributed by atoms with van der Waals surface area (Å²) in [6, 6.07) is 0. The average molecular weight is 165 g/mol. The van der Waals surface area contributed by atoms with E-state index in [0.29, 0.717) is 5.75 Å². The van der Waals surface area contributed by atoms with E-state index in [4.69, 9.17) is 11.6 Å². The van der Waals surface area contributed by atoms with E-state index in [1.807, 2.05) is 6.92 Å². The molecule has 0 aromatic carbocycles. The summed E-state index contributed by atoms with van der Waals surface area (Å²) in [6.07, 6.45) is 0. The molecule has 0 radical (unpaired) electrons. The van der Waals surface area contributed by atoms with Gasteiger partial charge < -0.3 is 0 Å². The van der Waals surface area contributed by atoms with Crippen LogP contribution in [0.4, 0.5) is 0 Å². The molecule has 1 nitrogen and oxygen atoms in total. The Morgan fingerprint density at radius 2 is 2.22 bits per heavy atom. The lowest BCUT2D eigenvalue weighted by Crippen LogP contribution is -1.85. The van der Waals surface area contributed by atoms with Crippen molar-refractivity contribution in [1.29, 1.82) is 0 Å². The van der Waals surface area contributed by atoms with Gasteiger partial charge in [0.25, 0.3) is 0 Å². The Kier molecular flexibility index (Phi) is 4.91. The van der Waals surface area contributed by atoms with Gasteiger partial charge in [0.1, 0.15) is 0 Å². The maximum absolute atomic E-state index is 10.4. The fourth-order valence-corrected chi connectivity index (χ4v) is 0.930. The van der Waals surface area contributed by atoms with Gasteiger partial charge in [0.2, 0.25) is 0 Å². The largest absolute Gasteiger partial charge is 0.288 e. The van der Waals surface area contributed by atoms with Crippen molar-refractivity contribution < 1.29 is 4.79 Å². The van der Waals surface area contributed by atoms with Crippen molar-refractivity contribution in [1.82, 2.24) is 0 Å². The molecule has 0 atom stereocenters. The highest BCUT2D eigenvalue weighted by molar-refractivity contribution is 8.13. The summed E-state index contributed by atoms with van der Waals surface area (Å²) in [5, 5.41) is 0.132. The van der Waals surface area contributed by atoms with Crippen molar-refractivity contribution in [3.05, 3.63) is 11.1 Å². The van der Waals surface area contributed by atoms with E-state index in [1.165, 1.54) is 17.3 Å². The number of halogens is 1. The van der Waals surface area contributed by atoms with Crippen LogP contribution in [0.25, 0.3) is 0 Å². The molecule has 0 amide bonds. The van der Waals surface area contributed by atoms with Crippen LogP contribution >= 0.6 is 23.4 Å². The van der Waals surface area contributed by atoms with E-state index in [-0.39, 0.29) is 5.12 Å². The van der Waals surface area contributed by atoms with Crippen molar-refractivity contribution in [2.24, 2.45) is 0 Å². The summed E-state index contributed by atoms with van der Waals surface area (Å²) >= 11 is 6.62. The fourth-order valence-electron chi connectivity index (χ4n) is 0.247. The highest BCUT2D eigenvalue weighted by Gasteiger charge is 1.93. The second-order valence-corrected chi connectivity index (χ2v) is 3.11. The first-order valence-electron chi connectivity index (χ1n) is 2.56. The van der Waals surface area contributed by atoms with Crippen LogP contribution in [0.5, 0.6) is 0 Å². The van der Waals surface area contributed by atoms with Gasteiger partial charge in [0, 0.05) is 18.2 Å². The van der Waals surface area contributed by atoms with Crippen LogP contribution < -0.4 is 0 Å². The van der Waals surface area contributed by atoms with Crippen molar-refractivity contribution in [2.45, 2.75) is 13.8 Å². The molecule has 0 saturated carbocycles. The van der Waals surface area contributed by atoms with Gasteiger partial charge in [-0.05, 0) is 6.92 Å². The summed E-state index contributed by atoms with van der Waals surface area (Å²) in [7, 11) is 0. The molecule has 9 heavy (non-hydrogen) atoms. The molecule has 0 aromatic rings. The molecule has 0 aromatic heterocycles. The highest BCUT2D eigenvalue weighted by Crippen LogP contribution is 2.08. The number of carbonyl (C=O) groups excluding carboxylic acids is 1. The number of thioether (sulfide) groups is 1. The molecule has 0 N–H and O–H groups in total. The SMILES string of the molecule is CC(=O)SC/C(C)=C/Cl. The van der Waals surface area contributed by atoms with E-state index in [9.17, 15) is 4.79 Å². The summed E-state index contributed by atoms with van der Waals surface area (Å²) in [5.41, 5.74) is 2.52. The third kappa shape index (κ3) is 5.93. The van der Waals surface area contributed by atoms with E-state index >= 15 is 0 Å². The standard InChI is InChI=1S/C6H9ClOS/c1-5(3-7)4-9-6(2)8/h3H,4H2,1-2H3/b5-3+. The average Bonchev–Trinajstić information content (AvgIpc) is 1.83. The molecule has 0 rings (SSSR count). The number of hydrogen-bond donors (Lipinski definition) is 0. The Labute approximate surface area is 64.5 Å². The minimum absolute atomic E-state index is 0.132. The van der Waals surface area contributed by atoms with Crippen LogP contribution in [0, 0.1) is 0 Å². The quantitative estimate of drug-likeness (QED) is 0.624. The van der Waals surface area contributed by atoms with E-state index in [1.54, 1.807) is 6.92 Å². The molecule has 0 spiro atoms. The van der Waals surface area contributed by atoms with E-state index < -0.39 is 0 Å². The minimum atomic E-state index is 0.132. The zero-order valence-corrected chi connectivity index (χ0v) is 7.05. The fraction of sp³-hybridized carbons (Fsp3) is 0.500. The van der Waals surface area contributed by atoms with Gasteiger partial charge in [-0.25, -0.2) is 0 Å². The topological polar surface area (TPSA) is 17.1 Å². The van der Waals surface area contributed by atoms with Gasteiger partial charge in [-0.3, -0.25) is 4.79 Å². The third-order valence-corrected chi connectivity index (χ3v) is 2.07. The summed E-state index contributed by atoms with van der Waals surface area (Å²) in [6.45, 7) is 3.44. The van der Waals surface area contributed by atoms with Crippen LogP contribution in [0.15, 0.2) is 11.1 Å². The van der Waals surface area contributed by atoms with Crippen LogP contribution in [0.3, 0.4) is 0 Å². The van der Waals surface area contributed by atoms with Crippen molar-refractivity contribution in [3.63, 3.8) is 0 Å². The molecule has 0 aliphatic carbocycles. The zero-order valence-electron chi connectivity index (χ0n) is 5.48. The normalized spacial score (nSPS) is 11.7. The number of carbonyl (C=O) groups is 1. The molecule has 0 unspecified atom stereocenters. The van der Waals surface area contributed by atoms with Crippen LogP contribution in [-0.2, 0) is 4.79 Å². The first-order chi connectivity index (χ1) is 4.16. The maximum atomic E-state index is 10.4. The first kappa shape index (κ1) is 9.05. The third-order valence-electron chi connectivity index (χ3n) is 0.689. The molecule has 0 bridgehead atoms. The van der Waals surface area contributed by atoms with Gasteiger partial charge in [-0.1, -0.05) is 28.9 Å². The van der Waals surface area contributed by atoms with Crippen molar-refractivity contribution in [2.75, 3.05) is 5.75 Å². The molecular formula is C6H9ClOS. The van der Waals surface area contributed by atoms with Gasteiger partial charge in [0.05, 0.1) is 0 Å². The molecule has 0 fully saturated rings. The van der Waals surface area contributed by atoms with Crippen LogP contribution in [0.2, 0.25) is 0 Å². The van der Waals surface area contributed by atoms with Gasteiger partial charge in [-0.15, -0.1) is 0 Å². The van der Waals surface area contributed by atoms with Crippen LogP contribution in [-0.4, -0.2) is 10.9 Å². The Bertz CT molecular complexity index is 131. The first-order valence-corrected chi connectivity index (χ1v) is 3.98. The second kappa shape index (κ2) is 4.89. The zero-order chi connectivity index (χ0) is 7.28. The Morgan fingerprint density at radius 3 is 2.56 bits per heavy atom. The predicted molar refractivity (Wildman–Crippen MR) is 42.7 cm³/mol. The van der Waals surface area contributed by atoms with Crippen molar-refractivity contribution in [3.8, 4) is 0 Å². The Balaban J connectivity index is 3.39. The van der Waals surface area contributed by atoms with Gasteiger partial charge in [0.15, 0.2) is 5.12 Å². The van der Waals surface area contributed by atoms with Gasteiger partial charge >= 0.3 is 0 Å². The van der Waals surface area contributed by atoms with E-state index in [2.05, 4.69) is 0 Å². The number of hydrogen-bond acceptors (Lipinski definition) is 2. The molecule has 0 aliphatic rings. The summed E-state index contributed by atoms with van der Waals surface area (Å²) in [4.78, 5) is 10.4. The predicted octanol–water partition coefficient (Wildman–Crippen LogP) is 2.41. The minimum Gasteiger partial charge on any atom is -0.288 e. The number of rotatable bonds is 2. The lowest BCUT2D eigenvalue weighted by molar-refractivity contribution is -0.109. The Hall–Kier alpha value is 0.0500. The molecule has 0 saturated heterocycles. The lowest BCUT2D eigenvalue weighted by Gasteiger charge is -1.93. The maximum Gasteiger partial charge on any atom is 0.186 e. The lowest BCUT2D eigenvalue weighted by atomic mass is 10.4. The molecular weight excluding hydrogens is 156 g/mol. The van der Waals surface area contributed by atoms with Gasteiger partial charge in [-0.2, -0.15) is 0 Å². The smallest absolute Gasteiger partial charge is 0.186 e. The molecule has 0 aliphatic heterocycles. The van der Waals surface area contributed by atoms with E-state index in [0.717, 1.165) is 5.57 Å². The Morgan fingerprint density at radius 1 is 1.67 bits per heavy atom. The molecule has 52 valence electrons.